The highest BCUT2D eigenvalue weighted by atomic mass is 16.2. The van der Waals surface area contributed by atoms with Gasteiger partial charge in [-0.15, -0.1) is 0 Å². The molecule has 0 aromatic heterocycles. The van der Waals surface area contributed by atoms with Crippen LogP contribution < -0.4 is 5.32 Å². The minimum atomic E-state index is -0.320. The molecule has 2 atom stereocenters. The molecule has 0 aromatic rings. The first kappa shape index (κ1) is 18.2. The third-order valence-electron chi connectivity index (χ3n) is 5.17. The highest BCUT2D eigenvalue weighted by Gasteiger charge is 2.31. The van der Waals surface area contributed by atoms with Crippen molar-refractivity contribution in [2.24, 2.45) is 17.3 Å². The Hall–Kier alpha value is -0.860. The molecule has 1 fully saturated rings. The molecule has 0 unspecified atom stereocenters. The number of rotatable bonds is 8. The number of carbonyl (C=O) groups excluding carboxylic acids is 2. The second-order valence-electron chi connectivity index (χ2n) is 7.51. The maximum Gasteiger partial charge on any atom is 0.220 e. The lowest BCUT2D eigenvalue weighted by Crippen LogP contribution is -2.46. The van der Waals surface area contributed by atoms with Crippen molar-refractivity contribution in [1.82, 2.24) is 5.32 Å². The van der Waals surface area contributed by atoms with Crippen molar-refractivity contribution in [3.05, 3.63) is 0 Å². The van der Waals surface area contributed by atoms with Crippen molar-refractivity contribution < 1.29 is 9.59 Å². The molecule has 21 heavy (non-hydrogen) atoms. The summed E-state index contributed by atoms with van der Waals surface area (Å²) in [6.07, 6.45) is 7.46. The zero-order valence-electron chi connectivity index (χ0n) is 14.5. The third-order valence-corrected chi connectivity index (χ3v) is 5.17. The molecule has 0 saturated heterocycles. The van der Waals surface area contributed by atoms with Crippen molar-refractivity contribution in [3.8, 4) is 0 Å². The molecule has 1 N–H and O–H groups in total. The number of nitrogens with one attached hydrogen (secondary N) is 1. The Labute approximate surface area is 130 Å². The van der Waals surface area contributed by atoms with Gasteiger partial charge < -0.3 is 5.32 Å². The van der Waals surface area contributed by atoms with Gasteiger partial charge in [-0.2, -0.15) is 0 Å². The molecule has 3 heteroatoms. The molecule has 1 rings (SSSR count). The number of ketones is 1. The van der Waals surface area contributed by atoms with Gasteiger partial charge in [0.05, 0.1) is 6.04 Å². The Morgan fingerprint density at radius 3 is 2.19 bits per heavy atom. The molecule has 0 aromatic carbocycles. The van der Waals surface area contributed by atoms with Gasteiger partial charge in [-0.05, 0) is 30.6 Å². The number of hydrogen-bond acceptors (Lipinski definition) is 2. The van der Waals surface area contributed by atoms with E-state index in [4.69, 9.17) is 0 Å². The fourth-order valence-electron chi connectivity index (χ4n) is 3.23. The molecule has 0 aliphatic heterocycles. The molecule has 1 saturated carbocycles. The number of amides is 1. The van der Waals surface area contributed by atoms with Gasteiger partial charge in [-0.3, -0.25) is 9.59 Å². The van der Waals surface area contributed by atoms with Gasteiger partial charge in [-0.25, -0.2) is 0 Å². The topological polar surface area (TPSA) is 46.2 Å². The van der Waals surface area contributed by atoms with Crippen LogP contribution in [0.25, 0.3) is 0 Å². The fraction of sp³-hybridized carbons (Fsp3) is 0.889. The molecule has 1 aliphatic rings. The summed E-state index contributed by atoms with van der Waals surface area (Å²) < 4.78 is 0. The number of hydrogen-bond donors (Lipinski definition) is 1. The SMILES string of the molecule is CC[C@@H](C)[C@H](NC(=O)CCC1(C)CCCC1)C(=O)C(C)C. The van der Waals surface area contributed by atoms with Gasteiger partial charge in [0.1, 0.15) is 0 Å². The zero-order valence-corrected chi connectivity index (χ0v) is 14.5. The maximum absolute atomic E-state index is 12.3. The van der Waals surface area contributed by atoms with Gasteiger partial charge >= 0.3 is 0 Å². The largest absolute Gasteiger partial charge is 0.346 e. The fourth-order valence-corrected chi connectivity index (χ4v) is 3.23. The Balaban J connectivity index is 2.53. The summed E-state index contributed by atoms with van der Waals surface area (Å²) in [4.78, 5) is 24.5. The van der Waals surface area contributed by atoms with Crippen LogP contribution in [0.1, 0.15) is 79.6 Å². The average molecular weight is 295 g/mol. The lowest BCUT2D eigenvalue weighted by Gasteiger charge is -2.26. The van der Waals surface area contributed by atoms with Crippen LogP contribution >= 0.6 is 0 Å². The Morgan fingerprint density at radius 2 is 1.71 bits per heavy atom. The van der Waals surface area contributed by atoms with E-state index < -0.39 is 0 Å². The summed E-state index contributed by atoms with van der Waals surface area (Å²) in [7, 11) is 0. The number of carbonyl (C=O) groups is 2. The first-order chi connectivity index (χ1) is 9.79. The average Bonchev–Trinajstić information content (AvgIpc) is 2.88. The minimum Gasteiger partial charge on any atom is -0.346 e. The normalized spacial score (nSPS) is 20.3. The molecule has 1 amide bonds. The van der Waals surface area contributed by atoms with Crippen LogP contribution in [0.4, 0.5) is 0 Å². The van der Waals surface area contributed by atoms with Crippen molar-refractivity contribution in [1.29, 1.82) is 0 Å². The third kappa shape index (κ3) is 5.44. The summed E-state index contributed by atoms with van der Waals surface area (Å²) in [5.41, 5.74) is 0.339. The van der Waals surface area contributed by atoms with Crippen molar-refractivity contribution in [3.63, 3.8) is 0 Å². The molecule has 0 radical (unpaired) electrons. The molecule has 3 nitrogen and oxygen atoms in total. The van der Waals surface area contributed by atoms with E-state index in [1.807, 2.05) is 20.8 Å². The lowest BCUT2D eigenvalue weighted by molar-refractivity contribution is -0.131. The van der Waals surface area contributed by atoms with E-state index in [2.05, 4.69) is 19.2 Å². The van der Waals surface area contributed by atoms with E-state index in [9.17, 15) is 9.59 Å². The second-order valence-corrected chi connectivity index (χ2v) is 7.51. The lowest BCUT2D eigenvalue weighted by atomic mass is 9.83. The monoisotopic (exact) mass is 295 g/mol. The highest BCUT2D eigenvalue weighted by molar-refractivity contribution is 5.90. The molecular weight excluding hydrogens is 262 g/mol. The predicted molar refractivity (Wildman–Crippen MR) is 87.0 cm³/mol. The predicted octanol–water partition coefficient (Wildman–Crippen LogP) is 4.10. The van der Waals surface area contributed by atoms with Gasteiger partial charge in [0, 0.05) is 12.3 Å². The van der Waals surface area contributed by atoms with E-state index in [1.54, 1.807) is 0 Å². The Kier molecular flexibility index (Phi) is 6.89. The van der Waals surface area contributed by atoms with E-state index in [0.717, 1.165) is 12.8 Å². The standard InChI is InChI=1S/C18H33NO2/c1-6-14(4)16(17(21)13(2)3)19-15(20)9-12-18(5)10-7-8-11-18/h13-14,16H,6-12H2,1-5H3,(H,19,20)/t14-,16+/m1/s1. The molecule has 1 aliphatic carbocycles. The van der Waals surface area contributed by atoms with Crippen LogP contribution in [-0.4, -0.2) is 17.7 Å². The van der Waals surface area contributed by atoms with E-state index >= 15 is 0 Å². The maximum atomic E-state index is 12.3. The van der Waals surface area contributed by atoms with E-state index in [-0.39, 0.29) is 29.6 Å². The first-order valence-electron chi connectivity index (χ1n) is 8.62. The van der Waals surface area contributed by atoms with E-state index in [1.165, 1.54) is 25.7 Å². The summed E-state index contributed by atoms with van der Waals surface area (Å²) >= 11 is 0. The first-order valence-corrected chi connectivity index (χ1v) is 8.62. The Bertz CT molecular complexity index is 356. The van der Waals surface area contributed by atoms with Crippen molar-refractivity contribution in [2.45, 2.75) is 85.6 Å². The molecule has 0 bridgehead atoms. The van der Waals surface area contributed by atoms with Gasteiger partial charge in [0.2, 0.25) is 5.91 Å². The second kappa shape index (κ2) is 7.95. The smallest absolute Gasteiger partial charge is 0.220 e. The van der Waals surface area contributed by atoms with Gasteiger partial charge in [-0.1, -0.05) is 53.9 Å². The van der Waals surface area contributed by atoms with Gasteiger partial charge in [0.15, 0.2) is 5.78 Å². The van der Waals surface area contributed by atoms with E-state index in [0.29, 0.717) is 11.8 Å². The molecule has 122 valence electrons. The summed E-state index contributed by atoms with van der Waals surface area (Å²) in [6.45, 7) is 10.2. The summed E-state index contributed by atoms with van der Waals surface area (Å²) in [6, 6.07) is -0.320. The summed E-state index contributed by atoms with van der Waals surface area (Å²) in [5.74, 6) is 0.370. The quantitative estimate of drug-likeness (QED) is 0.732. The minimum absolute atomic E-state index is 0.0309. The van der Waals surface area contributed by atoms with Gasteiger partial charge in [0.25, 0.3) is 0 Å². The highest BCUT2D eigenvalue weighted by Crippen LogP contribution is 2.41. The van der Waals surface area contributed by atoms with Crippen molar-refractivity contribution in [2.75, 3.05) is 0 Å². The van der Waals surface area contributed by atoms with Crippen LogP contribution in [0.5, 0.6) is 0 Å². The van der Waals surface area contributed by atoms with Crippen LogP contribution in [0, 0.1) is 17.3 Å². The molecule has 0 spiro atoms. The van der Waals surface area contributed by atoms with Crippen LogP contribution in [0.3, 0.4) is 0 Å². The number of Topliss-reactive ketones (excluding diaryl/α,β-unsaturated/α-hetero) is 1. The Morgan fingerprint density at radius 1 is 1.14 bits per heavy atom. The zero-order chi connectivity index (χ0) is 16.0. The molecule has 0 heterocycles. The summed E-state index contributed by atoms with van der Waals surface area (Å²) in [5, 5.41) is 3.00. The van der Waals surface area contributed by atoms with Crippen molar-refractivity contribution >= 4 is 11.7 Å². The molecular formula is C18H33NO2. The van der Waals surface area contributed by atoms with Crippen LogP contribution in [0.15, 0.2) is 0 Å². The van der Waals surface area contributed by atoms with Crippen LogP contribution in [0.2, 0.25) is 0 Å². The van der Waals surface area contributed by atoms with Crippen LogP contribution in [-0.2, 0) is 9.59 Å².